The molecule has 1 aromatic rings. The van der Waals surface area contributed by atoms with Crippen molar-refractivity contribution in [1.82, 2.24) is 5.48 Å². The molecule has 0 amide bonds. The zero-order valence-corrected chi connectivity index (χ0v) is 6.95. The maximum absolute atomic E-state index is 10.1. The average Bonchev–Trinajstić information content (AvgIpc) is 2.51. The Morgan fingerprint density at radius 1 is 1.83 bits per heavy atom. The Balaban J connectivity index is 2.63. The van der Waals surface area contributed by atoms with E-state index in [4.69, 9.17) is 5.21 Å². The van der Waals surface area contributed by atoms with Crippen LogP contribution in [0.1, 0.15) is 10.9 Å². The van der Waals surface area contributed by atoms with Crippen molar-refractivity contribution >= 4 is 11.3 Å². The van der Waals surface area contributed by atoms with Gasteiger partial charge in [0.25, 0.3) is 0 Å². The second-order valence-electron chi connectivity index (χ2n) is 2.21. The van der Waals surface area contributed by atoms with Crippen molar-refractivity contribution in [3.63, 3.8) is 0 Å². The molecule has 0 aliphatic rings. The number of nitrogens with zero attached hydrogens (tertiary/aromatic N) is 1. The molecule has 0 aliphatic heterocycles. The molecule has 0 saturated carbocycles. The van der Waals surface area contributed by atoms with Crippen molar-refractivity contribution in [2.45, 2.75) is 6.04 Å². The van der Waals surface area contributed by atoms with Crippen LogP contribution in [0.3, 0.4) is 0 Å². The minimum atomic E-state index is -0.597. The number of nitro groups is 1. The molecule has 0 saturated heterocycles. The highest BCUT2D eigenvalue weighted by atomic mass is 32.1. The molecular weight excluding hydrogens is 180 g/mol. The molecule has 0 bridgehead atoms. The molecule has 66 valence electrons. The number of rotatable bonds is 4. The van der Waals surface area contributed by atoms with Gasteiger partial charge in [-0.15, -0.1) is 11.3 Å². The summed E-state index contributed by atoms with van der Waals surface area (Å²) in [6.07, 6.45) is 0. The van der Waals surface area contributed by atoms with Crippen LogP contribution in [0.25, 0.3) is 0 Å². The summed E-state index contributed by atoms with van der Waals surface area (Å²) >= 11 is 1.37. The van der Waals surface area contributed by atoms with Crippen LogP contribution < -0.4 is 5.48 Å². The molecule has 0 spiro atoms. The van der Waals surface area contributed by atoms with Gasteiger partial charge in [0.1, 0.15) is 6.04 Å². The highest BCUT2D eigenvalue weighted by Gasteiger charge is 2.16. The molecule has 6 heteroatoms. The molecule has 1 aromatic heterocycles. The fraction of sp³-hybridized carbons (Fsp3) is 0.333. The van der Waals surface area contributed by atoms with Gasteiger partial charge >= 0.3 is 0 Å². The summed E-state index contributed by atoms with van der Waals surface area (Å²) < 4.78 is 0. The Kier molecular flexibility index (Phi) is 3.15. The van der Waals surface area contributed by atoms with Crippen molar-refractivity contribution in [3.8, 4) is 0 Å². The van der Waals surface area contributed by atoms with Crippen molar-refractivity contribution in [2.75, 3.05) is 6.54 Å². The second-order valence-corrected chi connectivity index (χ2v) is 3.19. The third-order valence-electron chi connectivity index (χ3n) is 1.37. The van der Waals surface area contributed by atoms with Crippen molar-refractivity contribution in [2.24, 2.45) is 0 Å². The standard InChI is InChI=1S/C6H8N2O3S/c9-7-5(4-8(10)11)6-2-1-3-12-6/h1-3,5,7,9H,4H2. The topological polar surface area (TPSA) is 75.4 Å². The van der Waals surface area contributed by atoms with E-state index in [1.54, 1.807) is 17.5 Å². The van der Waals surface area contributed by atoms with Gasteiger partial charge in [0.05, 0.1) is 0 Å². The first-order valence-electron chi connectivity index (χ1n) is 3.29. The Morgan fingerprint density at radius 2 is 2.58 bits per heavy atom. The number of thiophene rings is 1. The monoisotopic (exact) mass is 188 g/mol. The van der Waals surface area contributed by atoms with Crippen LogP contribution in [0.2, 0.25) is 0 Å². The molecular formula is C6H8N2O3S. The van der Waals surface area contributed by atoms with Crippen LogP contribution >= 0.6 is 11.3 Å². The van der Waals surface area contributed by atoms with Gasteiger partial charge in [0.2, 0.25) is 6.54 Å². The van der Waals surface area contributed by atoms with Crippen LogP contribution in [0.4, 0.5) is 0 Å². The summed E-state index contributed by atoms with van der Waals surface area (Å²) in [5, 5.41) is 20.5. The van der Waals surface area contributed by atoms with Crippen LogP contribution in [-0.2, 0) is 0 Å². The van der Waals surface area contributed by atoms with Crippen LogP contribution in [0.15, 0.2) is 17.5 Å². The molecule has 1 atom stereocenters. The lowest BCUT2D eigenvalue weighted by Crippen LogP contribution is -2.24. The highest BCUT2D eigenvalue weighted by Crippen LogP contribution is 2.18. The van der Waals surface area contributed by atoms with Gasteiger partial charge in [0, 0.05) is 9.80 Å². The van der Waals surface area contributed by atoms with Gasteiger partial charge in [-0.2, -0.15) is 5.48 Å². The van der Waals surface area contributed by atoms with Crippen LogP contribution in [-0.4, -0.2) is 16.7 Å². The molecule has 12 heavy (non-hydrogen) atoms. The van der Waals surface area contributed by atoms with Gasteiger partial charge in [-0.1, -0.05) is 6.07 Å². The van der Waals surface area contributed by atoms with Crippen molar-refractivity contribution in [1.29, 1.82) is 0 Å². The van der Waals surface area contributed by atoms with E-state index in [0.29, 0.717) is 0 Å². The number of nitrogens with one attached hydrogen (secondary N) is 1. The maximum atomic E-state index is 10.1. The van der Waals surface area contributed by atoms with E-state index in [2.05, 4.69) is 0 Å². The fourth-order valence-corrected chi connectivity index (χ4v) is 1.60. The Hall–Kier alpha value is -0.980. The predicted molar refractivity (Wildman–Crippen MR) is 43.8 cm³/mol. The summed E-state index contributed by atoms with van der Waals surface area (Å²) in [6.45, 7) is -0.309. The number of hydrogen-bond donors (Lipinski definition) is 2. The van der Waals surface area contributed by atoms with Crippen LogP contribution in [0, 0.1) is 10.1 Å². The molecule has 1 heterocycles. The Bertz CT molecular complexity index is 249. The van der Waals surface area contributed by atoms with Gasteiger partial charge < -0.3 is 5.21 Å². The van der Waals surface area contributed by atoms with Gasteiger partial charge in [-0.3, -0.25) is 10.1 Å². The van der Waals surface area contributed by atoms with E-state index in [-0.39, 0.29) is 6.54 Å². The maximum Gasteiger partial charge on any atom is 0.226 e. The molecule has 1 rings (SSSR count). The lowest BCUT2D eigenvalue weighted by Gasteiger charge is -2.06. The summed E-state index contributed by atoms with van der Waals surface area (Å²) in [5.74, 6) is 0. The summed E-state index contributed by atoms with van der Waals surface area (Å²) in [5.41, 5.74) is 1.90. The molecule has 0 fully saturated rings. The fourth-order valence-electron chi connectivity index (χ4n) is 0.833. The summed E-state index contributed by atoms with van der Waals surface area (Å²) in [6, 6.07) is 2.92. The minimum absolute atomic E-state index is 0.309. The minimum Gasteiger partial charge on any atom is -0.316 e. The zero-order chi connectivity index (χ0) is 8.97. The largest absolute Gasteiger partial charge is 0.316 e. The Morgan fingerprint density at radius 3 is 3.00 bits per heavy atom. The van der Waals surface area contributed by atoms with Gasteiger partial charge in [-0.05, 0) is 11.4 Å². The molecule has 5 nitrogen and oxygen atoms in total. The van der Waals surface area contributed by atoms with E-state index in [1.807, 2.05) is 5.48 Å². The van der Waals surface area contributed by atoms with E-state index < -0.39 is 11.0 Å². The second kappa shape index (κ2) is 4.15. The quantitative estimate of drug-likeness (QED) is 0.547. The molecule has 0 aliphatic carbocycles. The SMILES string of the molecule is O=[N+]([O-])CC(NO)c1cccs1. The molecule has 1 unspecified atom stereocenters. The summed E-state index contributed by atoms with van der Waals surface area (Å²) in [7, 11) is 0. The Labute approximate surface area is 72.8 Å². The van der Waals surface area contributed by atoms with E-state index in [9.17, 15) is 10.1 Å². The summed E-state index contributed by atoms with van der Waals surface area (Å²) in [4.78, 5) is 10.4. The van der Waals surface area contributed by atoms with Crippen molar-refractivity contribution in [3.05, 3.63) is 32.5 Å². The number of hydrogen-bond acceptors (Lipinski definition) is 5. The predicted octanol–water partition coefficient (Wildman–Crippen LogP) is 1.04. The zero-order valence-electron chi connectivity index (χ0n) is 6.14. The van der Waals surface area contributed by atoms with E-state index >= 15 is 0 Å². The first-order valence-corrected chi connectivity index (χ1v) is 4.17. The lowest BCUT2D eigenvalue weighted by atomic mass is 10.2. The first kappa shape index (κ1) is 9.11. The van der Waals surface area contributed by atoms with Crippen molar-refractivity contribution < 1.29 is 10.1 Å². The lowest BCUT2D eigenvalue weighted by molar-refractivity contribution is -0.486. The van der Waals surface area contributed by atoms with Crippen LogP contribution in [0.5, 0.6) is 0 Å². The third-order valence-corrected chi connectivity index (χ3v) is 2.36. The molecule has 0 radical (unpaired) electrons. The smallest absolute Gasteiger partial charge is 0.226 e. The number of hydroxylamine groups is 1. The van der Waals surface area contributed by atoms with E-state index in [0.717, 1.165) is 4.88 Å². The molecule has 2 N–H and O–H groups in total. The van der Waals surface area contributed by atoms with Gasteiger partial charge in [-0.25, -0.2) is 0 Å². The molecule has 0 aromatic carbocycles. The average molecular weight is 188 g/mol. The first-order chi connectivity index (χ1) is 5.74. The highest BCUT2D eigenvalue weighted by molar-refractivity contribution is 7.10. The third kappa shape index (κ3) is 2.26. The van der Waals surface area contributed by atoms with E-state index in [1.165, 1.54) is 11.3 Å². The normalized spacial score (nSPS) is 12.8. The van der Waals surface area contributed by atoms with Gasteiger partial charge in [0.15, 0.2) is 0 Å².